The number of halogens is 2. The summed E-state index contributed by atoms with van der Waals surface area (Å²) in [6, 6.07) is 2.58. The summed E-state index contributed by atoms with van der Waals surface area (Å²) in [5.74, 6) is 0. The van der Waals surface area contributed by atoms with Crippen LogP contribution in [0.2, 0.25) is 0 Å². The molecule has 2 heterocycles. The molecule has 0 aliphatic carbocycles. The predicted octanol–water partition coefficient (Wildman–Crippen LogP) is 2.47. The maximum Gasteiger partial charge on any atom is 0.0701 e. The maximum absolute atomic E-state index is 5.84. The van der Waals surface area contributed by atoms with Crippen LogP contribution in [0.3, 0.4) is 0 Å². The molecule has 5 heteroatoms. The van der Waals surface area contributed by atoms with Gasteiger partial charge in [-0.1, -0.05) is 0 Å². The Bertz CT molecular complexity index is 292. The van der Waals surface area contributed by atoms with E-state index in [0.29, 0.717) is 6.04 Å². The summed E-state index contributed by atoms with van der Waals surface area (Å²) in [5.41, 5.74) is 7.23. The molecule has 0 saturated carbocycles. The van der Waals surface area contributed by atoms with E-state index in [1.807, 2.05) is 0 Å². The Morgan fingerprint density at radius 3 is 2.93 bits per heavy atom. The van der Waals surface area contributed by atoms with E-state index in [4.69, 9.17) is 5.73 Å². The molecule has 2 rings (SSSR count). The lowest BCUT2D eigenvalue weighted by molar-refractivity contribution is 0.327. The van der Waals surface area contributed by atoms with Crippen LogP contribution in [0.25, 0.3) is 0 Å². The first kappa shape index (κ1) is 12.5. The van der Waals surface area contributed by atoms with Gasteiger partial charge in [0.05, 0.1) is 3.79 Å². The number of thiophene rings is 1. The average molecular weight is 298 g/mol. The van der Waals surface area contributed by atoms with E-state index in [9.17, 15) is 0 Å². The second-order valence-electron chi connectivity index (χ2n) is 3.54. The molecule has 14 heavy (non-hydrogen) atoms. The van der Waals surface area contributed by atoms with E-state index >= 15 is 0 Å². The van der Waals surface area contributed by atoms with Crippen molar-refractivity contribution in [2.24, 2.45) is 5.73 Å². The molecule has 1 aromatic heterocycles. The molecule has 0 radical (unpaired) electrons. The van der Waals surface area contributed by atoms with Gasteiger partial charge in [0, 0.05) is 25.7 Å². The van der Waals surface area contributed by atoms with Crippen molar-refractivity contribution in [3.05, 3.63) is 20.8 Å². The number of nitrogens with zero attached hydrogens (tertiary/aromatic N) is 1. The Balaban J connectivity index is 0.000000980. The van der Waals surface area contributed by atoms with Gasteiger partial charge in [0.1, 0.15) is 0 Å². The van der Waals surface area contributed by atoms with Crippen molar-refractivity contribution in [2.45, 2.75) is 19.0 Å². The fourth-order valence-corrected chi connectivity index (χ4v) is 2.89. The predicted molar refractivity (Wildman–Crippen MR) is 67.1 cm³/mol. The number of hydrogen-bond acceptors (Lipinski definition) is 3. The van der Waals surface area contributed by atoms with Crippen molar-refractivity contribution >= 4 is 39.7 Å². The molecule has 2 N–H and O–H groups in total. The monoisotopic (exact) mass is 296 g/mol. The molecule has 1 fully saturated rings. The van der Waals surface area contributed by atoms with Crippen LogP contribution >= 0.6 is 39.7 Å². The van der Waals surface area contributed by atoms with Gasteiger partial charge >= 0.3 is 0 Å². The van der Waals surface area contributed by atoms with Gasteiger partial charge in [-0.05, 0) is 39.4 Å². The van der Waals surface area contributed by atoms with Gasteiger partial charge in [-0.25, -0.2) is 0 Å². The van der Waals surface area contributed by atoms with E-state index in [0.717, 1.165) is 26.1 Å². The molecule has 0 amide bonds. The van der Waals surface area contributed by atoms with Crippen molar-refractivity contribution in [1.82, 2.24) is 4.90 Å². The highest BCUT2D eigenvalue weighted by atomic mass is 79.9. The normalized spacial score (nSPS) is 22.3. The lowest BCUT2D eigenvalue weighted by Crippen LogP contribution is -2.26. The van der Waals surface area contributed by atoms with Crippen LogP contribution in [-0.4, -0.2) is 24.0 Å². The van der Waals surface area contributed by atoms with Crippen LogP contribution in [0.5, 0.6) is 0 Å². The molecule has 0 unspecified atom stereocenters. The third-order valence-corrected chi connectivity index (χ3v) is 3.89. The molecule has 0 aromatic carbocycles. The summed E-state index contributed by atoms with van der Waals surface area (Å²) in [6.45, 7) is 3.25. The summed E-state index contributed by atoms with van der Waals surface area (Å²) in [6.07, 6.45) is 1.14. The average Bonchev–Trinajstić information content (AvgIpc) is 2.62. The van der Waals surface area contributed by atoms with E-state index in [2.05, 4.69) is 32.3 Å². The maximum atomic E-state index is 5.84. The van der Waals surface area contributed by atoms with Crippen molar-refractivity contribution in [3.63, 3.8) is 0 Å². The fourth-order valence-electron chi connectivity index (χ4n) is 1.69. The number of rotatable bonds is 2. The van der Waals surface area contributed by atoms with Gasteiger partial charge in [0.15, 0.2) is 0 Å². The molecule has 1 saturated heterocycles. The lowest BCUT2D eigenvalue weighted by Gasteiger charge is -2.13. The first-order valence-electron chi connectivity index (χ1n) is 4.45. The van der Waals surface area contributed by atoms with E-state index in [1.54, 1.807) is 11.3 Å². The quantitative estimate of drug-likeness (QED) is 0.908. The van der Waals surface area contributed by atoms with E-state index in [1.165, 1.54) is 9.35 Å². The van der Waals surface area contributed by atoms with Crippen molar-refractivity contribution in [3.8, 4) is 0 Å². The first-order valence-corrected chi connectivity index (χ1v) is 6.12. The summed E-state index contributed by atoms with van der Waals surface area (Å²) in [4.78, 5) is 2.42. The SMILES string of the molecule is Cl.N[C@@H]1CCN(Cc2csc(Br)c2)C1. The van der Waals surface area contributed by atoms with Crippen LogP contribution in [-0.2, 0) is 6.54 Å². The highest BCUT2D eigenvalue weighted by Crippen LogP contribution is 2.22. The van der Waals surface area contributed by atoms with Crippen molar-refractivity contribution in [2.75, 3.05) is 13.1 Å². The zero-order valence-electron chi connectivity index (χ0n) is 7.78. The Kier molecular flexibility index (Phi) is 4.87. The zero-order chi connectivity index (χ0) is 9.26. The Morgan fingerprint density at radius 1 is 1.64 bits per heavy atom. The Morgan fingerprint density at radius 2 is 2.43 bits per heavy atom. The Labute approximate surface area is 103 Å². The largest absolute Gasteiger partial charge is 0.326 e. The standard InChI is InChI=1S/C9H13BrN2S.ClH/c10-9-3-7(6-13-9)4-12-2-1-8(11)5-12;/h3,6,8H,1-2,4-5,11H2;1H/t8-;/m1./s1. The van der Waals surface area contributed by atoms with Crippen LogP contribution in [0.1, 0.15) is 12.0 Å². The van der Waals surface area contributed by atoms with Crippen LogP contribution < -0.4 is 5.73 Å². The number of likely N-dealkylation sites (tertiary alicyclic amines) is 1. The summed E-state index contributed by atoms with van der Waals surface area (Å²) >= 11 is 5.22. The first-order chi connectivity index (χ1) is 6.24. The van der Waals surface area contributed by atoms with Crippen molar-refractivity contribution < 1.29 is 0 Å². The third-order valence-electron chi connectivity index (χ3n) is 2.34. The van der Waals surface area contributed by atoms with Gasteiger partial charge in [0.2, 0.25) is 0 Å². The number of hydrogen-bond donors (Lipinski definition) is 1. The fraction of sp³-hybridized carbons (Fsp3) is 0.556. The van der Waals surface area contributed by atoms with Crippen LogP contribution in [0.15, 0.2) is 15.2 Å². The minimum Gasteiger partial charge on any atom is -0.326 e. The molecule has 2 nitrogen and oxygen atoms in total. The highest BCUT2D eigenvalue weighted by molar-refractivity contribution is 9.11. The molecule has 1 aromatic rings. The summed E-state index contributed by atoms with van der Waals surface area (Å²) in [5, 5.41) is 2.20. The molecule has 0 spiro atoms. The van der Waals surface area contributed by atoms with Gasteiger partial charge in [-0.3, -0.25) is 4.90 Å². The zero-order valence-corrected chi connectivity index (χ0v) is 11.0. The molecule has 1 aliphatic rings. The second-order valence-corrected chi connectivity index (χ2v) is 5.83. The highest BCUT2D eigenvalue weighted by Gasteiger charge is 2.18. The second kappa shape index (κ2) is 5.47. The lowest BCUT2D eigenvalue weighted by atomic mass is 10.3. The molecule has 0 bridgehead atoms. The van der Waals surface area contributed by atoms with Gasteiger partial charge in [0.25, 0.3) is 0 Å². The molecule has 80 valence electrons. The van der Waals surface area contributed by atoms with Crippen LogP contribution in [0, 0.1) is 0 Å². The minimum absolute atomic E-state index is 0. The van der Waals surface area contributed by atoms with Crippen molar-refractivity contribution in [1.29, 1.82) is 0 Å². The Hall–Kier alpha value is 0.390. The number of nitrogens with two attached hydrogens (primary N) is 1. The minimum atomic E-state index is 0. The van der Waals surface area contributed by atoms with Gasteiger partial charge in [-0.2, -0.15) is 0 Å². The smallest absolute Gasteiger partial charge is 0.0701 e. The molecular formula is C9H14BrClN2S. The third kappa shape index (κ3) is 3.21. The van der Waals surface area contributed by atoms with E-state index in [-0.39, 0.29) is 12.4 Å². The van der Waals surface area contributed by atoms with E-state index < -0.39 is 0 Å². The molecular weight excluding hydrogens is 284 g/mol. The summed E-state index contributed by atoms with van der Waals surface area (Å²) in [7, 11) is 0. The molecule has 1 atom stereocenters. The van der Waals surface area contributed by atoms with Gasteiger partial charge in [-0.15, -0.1) is 23.7 Å². The summed E-state index contributed by atoms with van der Waals surface area (Å²) < 4.78 is 1.21. The van der Waals surface area contributed by atoms with Crippen LogP contribution in [0.4, 0.5) is 0 Å². The molecule has 1 aliphatic heterocycles. The topological polar surface area (TPSA) is 29.3 Å². The van der Waals surface area contributed by atoms with Gasteiger partial charge < -0.3 is 5.73 Å².